The Morgan fingerprint density at radius 3 is 2.96 bits per heavy atom. The molecule has 146 valence electrons. The summed E-state index contributed by atoms with van der Waals surface area (Å²) in [5.41, 5.74) is 8.76. The molecule has 5 rings (SSSR count). The zero-order chi connectivity index (χ0) is 19.3. The Labute approximate surface area is 171 Å². The lowest BCUT2D eigenvalue weighted by atomic mass is 9.96. The Kier molecular flexibility index (Phi) is 4.57. The van der Waals surface area contributed by atoms with Gasteiger partial charge in [0.1, 0.15) is 10.6 Å². The first kappa shape index (κ1) is 18.0. The Bertz CT molecular complexity index is 1050. The molecule has 2 aliphatic rings. The number of ether oxygens (including phenoxy) is 3. The Hall–Kier alpha value is -2.03. The van der Waals surface area contributed by atoms with Crippen LogP contribution in [0.5, 0.6) is 11.5 Å². The van der Waals surface area contributed by atoms with E-state index < -0.39 is 0 Å². The number of thioether (sulfide) groups is 1. The van der Waals surface area contributed by atoms with Crippen molar-refractivity contribution in [2.45, 2.75) is 43.9 Å². The maximum atomic E-state index is 6.35. The molecule has 2 N–H and O–H groups in total. The molecular weight excluding hydrogens is 394 g/mol. The predicted octanol–water partition coefficient (Wildman–Crippen LogP) is 4.39. The summed E-state index contributed by atoms with van der Waals surface area (Å²) in [6.07, 6.45) is 1.11. The number of hydrogen-bond donors (Lipinski definition) is 1. The summed E-state index contributed by atoms with van der Waals surface area (Å²) >= 11 is 3.25. The van der Waals surface area contributed by atoms with E-state index in [9.17, 15) is 0 Å². The molecule has 0 bridgehead atoms. The van der Waals surface area contributed by atoms with Crippen LogP contribution in [-0.2, 0) is 23.5 Å². The van der Waals surface area contributed by atoms with E-state index in [4.69, 9.17) is 24.9 Å². The van der Waals surface area contributed by atoms with E-state index in [1.165, 1.54) is 10.4 Å². The molecule has 0 saturated carbocycles. The van der Waals surface area contributed by atoms with Gasteiger partial charge in [-0.2, -0.15) is 0 Å². The van der Waals surface area contributed by atoms with E-state index in [0.29, 0.717) is 23.5 Å². The molecule has 1 aromatic carbocycles. The molecule has 28 heavy (non-hydrogen) atoms. The van der Waals surface area contributed by atoms with Crippen LogP contribution in [0, 0.1) is 5.92 Å². The van der Waals surface area contributed by atoms with Crippen molar-refractivity contribution in [2.24, 2.45) is 5.92 Å². The van der Waals surface area contributed by atoms with E-state index in [2.05, 4.69) is 18.8 Å². The lowest BCUT2D eigenvalue weighted by Crippen LogP contribution is -2.26. The minimum atomic E-state index is 0.227. The minimum absolute atomic E-state index is 0.227. The lowest BCUT2D eigenvalue weighted by molar-refractivity contribution is 0.00203. The zero-order valence-electron chi connectivity index (χ0n) is 15.7. The van der Waals surface area contributed by atoms with Crippen molar-refractivity contribution in [3.05, 3.63) is 34.2 Å². The molecule has 2 aliphatic heterocycles. The van der Waals surface area contributed by atoms with Gasteiger partial charge < -0.3 is 19.9 Å². The summed E-state index contributed by atoms with van der Waals surface area (Å²) in [6, 6.07) is 5.98. The molecule has 4 heterocycles. The number of nitrogen functional groups attached to an aromatic ring is 1. The second-order valence-electron chi connectivity index (χ2n) is 7.35. The van der Waals surface area contributed by atoms with E-state index in [0.717, 1.165) is 39.5 Å². The van der Waals surface area contributed by atoms with Crippen LogP contribution in [0.25, 0.3) is 10.2 Å². The van der Waals surface area contributed by atoms with Crippen LogP contribution in [-0.4, -0.2) is 22.9 Å². The second kappa shape index (κ2) is 7.09. The number of thiophene rings is 1. The highest BCUT2D eigenvalue weighted by Crippen LogP contribution is 2.40. The number of nitrogens with zero attached hydrogens (tertiary/aromatic N) is 2. The van der Waals surface area contributed by atoms with Gasteiger partial charge in [0.15, 0.2) is 16.7 Å². The van der Waals surface area contributed by atoms with Crippen LogP contribution in [0.2, 0.25) is 0 Å². The first-order valence-corrected chi connectivity index (χ1v) is 11.1. The van der Waals surface area contributed by atoms with Crippen molar-refractivity contribution < 1.29 is 14.2 Å². The molecule has 0 spiro atoms. The monoisotopic (exact) mass is 415 g/mol. The number of rotatable bonds is 4. The standard InChI is InChI=1S/C20H21N3O3S2/c1-10(2)14-6-12-16(7-24-14)28-19-17(12)18(21)22-20(23-19)27-8-11-3-4-13-15(5-11)26-9-25-13/h3-5,10,14H,6-9H2,1-2H3,(H2,21,22,23). The smallest absolute Gasteiger partial charge is 0.231 e. The van der Waals surface area contributed by atoms with Gasteiger partial charge in [0.2, 0.25) is 6.79 Å². The van der Waals surface area contributed by atoms with Crippen molar-refractivity contribution in [1.82, 2.24) is 9.97 Å². The Balaban J connectivity index is 1.39. The van der Waals surface area contributed by atoms with Gasteiger partial charge in [-0.25, -0.2) is 9.97 Å². The summed E-state index contributed by atoms with van der Waals surface area (Å²) < 4.78 is 16.8. The molecule has 6 nitrogen and oxygen atoms in total. The maximum Gasteiger partial charge on any atom is 0.231 e. The van der Waals surface area contributed by atoms with Crippen LogP contribution in [0.1, 0.15) is 29.9 Å². The fourth-order valence-corrected chi connectivity index (χ4v) is 5.54. The molecule has 0 saturated heterocycles. The van der Waals surface area contributed by atoms with E-state index in [-0.39, 0.29) is 12.9 Å². The van der Waals surface area contributed by atoms with E-state index in [1.807, 2.05) is 18.2 Å². The molecule has 0 aliphatic carbocycles. The quantitative estimate of drug-likeness (QED) is 0.500. The number of benzene rings is 1. The molecule has 1 atom stereocenters. The molecule has 2 aromatic heterocycles. The van der Waals surface area contributed by atoms with E-state index >= 15 is 0 Å². The van der Waals surface area contributed by atoms with Crippen LogP contribution < -0.4 is 15.2 Å². The normalized spacial score (nSPS) is 18.0. The van der Waals surface area contributed by atoms with Crippen molar-refractivity contribution in [1.29, 1.82) is 0 Å². The SMILES string of the molecule is CC(C)C1Cc2c(sc3nc(SCc4ccc5c(c4)OCO5)nc(N)c23)CO1. The van der Waals surface area contributed by atoms with Crippen molar-refractivity contribution in [3.8, 4) is 11.5 Å². The van der Waals surface area contributed by atoms with Gasteiger partial charge in [-0.15, -0.1) is 11.3 Å². The fourth-order valence-electron chi connectivity index (χ4n) is 3.56. The predicted molar refractivity (Wildman–Crippen MR) is 111 cm³/mol. The molecule has 0 fully saturated rings. The summed E-state index contributed by atoms with van der Waals surface area (Å²) in [4.78, 5) is 11.5. The topological polar surface area (TPSA) is 79.5 Å². The zero-order valence-corrected chi connectivity index (χ0v) is 17.4. The molecular formula is C20H21N3O3S2. The summed E-state index contributed by atoms with van der Waals surface area (Å²) in [5.74, 6) is 3.37. The van der Waals surface area contributed by atoms with E-state index in [1.54, 1.807) is 23.1 Å². The molecule has 3 aromatic rings. The van der Waals surface area contributed by atoms with Crippen molar-refractivity contribution in [3.63, 3.8) is 0 Å². The maximum absolute atomic E-state index is 6.35. The van der Waals surface area contributed by atoms with Gasteiger partial charge in [0, 0.05) is 17.1 Å². The highest BCUT2D eigenvalue weighted by Gasteiger charge is 2.27. The lowest BCUT2D eigenvalue weighted by Gasteiger charge is -2.26. The highest BCUT2D eigenvalue weighted by molar-refractivity contribution is 7.98. The van der Waals surface area contributed by atoms with Gasteiger partial charge in [0.05, 0.1) is 18.1 Å². The summed E-state index contributed by atoms with van der Waals surface area (Å²) in [5, 5.41) is 1.71. The first-order valence-electron chi connectivity index (χ1n) is 9.29. The third-order valence-electron chi connectivity index (χ3n) is 5.12. The van der Waals surface area contributed by atoms with Gasteiger partial charge >= 0.3 is 0 Å². The number of aromatic nitrogens is 2. The van der Waals surface area contributed by atoms with Gasteiger partial charge in [-0.1, -0.05) is 31.7 Å². The van der Waals surface area contributed by atoms with Crippen molar-refractivity contribution in [2.75, 3.05) is 12.5 Å². The average molecular weight is 416 g/mol. The van der Waals surface area contributed by atoms with Crippen LogP contribution in [0.4, 0.5) is 5.82 Å². The van der Waals surface area contributed by atoms with Crippen LogP contribution in [0.3, 0.4) is 0 Å². The highest BCUT2D eigenvalue weighted by atomic mass is 32.2. The molecule has 0 amide bonds. The largest absolute Gasteiger partial charge is 0.454 e. The van der Waals surface area contributed by atoms with Crippen LogP contribution in [0.15, 0.2) is 23.4 Å². The number of fused-ring (bicyclic) bond motifs is 4. The van der Waals surface area contributed by atoms with Gasteiger partial charge in [0.25, 0.3) is 0 Å². The third-order valence-corrected chi connectivity index (χ3v) is 7.14. The minimum Gasteiger partial charge on any atom is -0.454 e. The van der Waals surface area contributed by atoms with Gasteiger partial charge in [-0.3, -0.25) is 0 Å². The number of anilines is 1. The third kappa shape index (κ3) is 3.19. The fraction of sp³-hybridized carbons (Fsp3) is 0.400. The summed E-state index contributed by atoms with van der Waals surface area (Å²) in [7, 11) is 0. The summed E-state index contributed by atoms with van der Waals surface area (Å²) in [6.45, 7) is 5.30. The van der Waals surface area contributed by atoms with Crippen LogP contribution >= 0.6 is 23.1 Å². The Morgan fingerprint density at radius 1 is 1.25 bits per heavy atom. The number of nitrogens with two attached hydrogens (primary N) is 1. The van der Waals surface area contributed by atoms with Gasteiger partial charge in [-0.05, 0) is 29.2 Å². The Morgan fingerprint density at radius 2 is 2.11 bits per heavy atom. The molecule has 1 unspecified atom stereocenters. The second-order valence-corrected chi connectivity index (χ2v) is 9.38. The average Bonchev–Trinajstić information content (AvgIpc) is 3.29. The molecule has 0 radical (unpaired) electrons. The number of hydrogen-bond acceptors (Lipinski definition) is 8. The molecule has 8 heteroatoms. The van der Waals surface area contributed by atoms with Crippen molar-refractivity contribution >= 4 is 39.1 Å². The first-order chi connectivity index (χ1) is 13.6.